The maximum atomic E-state index is 9.43. The third-order valence-electron chi connectivity index (χ3n) is 5.05. The number of piperazine rings is 1. The molecule has 0 atom stereocenters. The quantitative estimate of drug-likeness (QED) is 0.792. The average Bonchev–Trinajstić information content (AvgIpc) is 2.68. The molecular formula is C21H23N3O. The maximum Gasteiger partial charge on any atom is 0.115 e. The summed E-state index contributed by atoms with van der Waals surface area (Å²) in [5.74, 6) is 0.275. The van der Waals surface area contributed by atoms with Gasteiger partial charge in [0.1, 0.15) is 5.75 Å². The molecule has 1 aliphatic rings. The van der Waals surface area contributed by atoms with Crippen LogP contribution in [0.3, 0.4) is 0 Å². The zero-order valence-electron chi connectivity index (χ0n) is 14.5. The van der Waals surface area contributed by atoms with Gasteiger partial charge in [0.2, 0.25) is 0 Å². The number of phenolic OH excluding ortho intramolecular Hbond substituents is 1. The van der Waals surface area contributed by atoms with E-state index in [2.05, 4.69) is 46.0 Å². The van der Waals surface area contributed by atoms with Gasteiger partial charge in [-0.25, -0.2) is 0 Å². The van der Waals surface area contributed by atoms with Crippen LogP contribution in [0.15, 0.2) is 54.7 Å². The fourth-order valence-electron chi connectivity index (χ4n) is 3.44. The molecule has 1 fully saturated rings. The van der Waals surface area contributed by atoms with Crippen LogP contribution in [0.25, 0.3) is 22.0 Å². The van der Waals surface area contributed by atoms with E-state index in [9.17, 15) is 5.11 Å². The molecule has 2 heterocycles. The summed E-state index contributed by atoms with van der Waals surface area (Å²) in [7, 11) is 0. The highest BCUT2D eigenvalue weighted by molar-refractivity contribution is 5.88. The monoisotopic (exact) mass is 333 g/mol. The van der Waals surface area contributed by atoms with Crippen LogP contribution in [-0.2, 0) is 0 Å². The lowest BCUT2D eigenvalue weighted by Crippen LogP contribution is -2.46. The van der Waals surface area contributed by atoms with Gasteiger partial charge in [-0.2, -0.15) is 0 Å². The highest BCUT2D eigenvalue weighted by Gasteiger charge is 2.16. The first-order chi connectivity index (χ1) is 12.2. The zero-order valence-corrected chi connectivity index (χ0v) is 14.5. The first-order valence-electron chi connectivity index (χ1n) is 8.89. The van der Waals surface area contributed by atoms with Crippen molar-refractivity contribution in [3.05, 3.63) is 54.7 Å². The molecule has 0 radical (unpaired) electrons. The Labute approximate surface area is 148 Å². The number of hydrogen-bond donors (Lipinski definition) is 1. The number of anilines is 1. The number of phenols is 1. The number of benzene rings is 2. The van der Waals surface area contributed by atoms with Crippen molar-refractivity contribution < 1.29 is 5.11 Å². The summed E-state index contributed by atoms with van der Waals surface area (Å²) in [4.78, 5) is 9.56. The van der Waals surface area contributed by atoms with Crippen LogP contribution in [0, 0.1) is 0 Å². The lowest BCUT2D eigenvalue weighted by Gasteiger charge is -2.35. The van der Waals surface area contributed by atoms with Crippen molar-refractivity contribution in [2.45, 2.75) is 6.92 Å². The molecule has 0 bridgehead atoms. The van der Waals surface area contributed by atoms with Gasteiger partial charge >= 0.3 is 0 Å². The fraction of sp³-hybridized carbons (Fsp3) is 0.286. The van der Waals surface area contributed by atoms with Crippen LogP contribution in [0.1, 0.15) is 6.92 Å². The molecule has 1 aliphatic heterocycles. The van der Waals surface area contributed by atoms with Gasteiger partial charge in [0.15, 0.2) is 0 Å². The molecule has 0 amide bonds. The first-order valence-corrected chi connectivity index (χ1v) is 8.89. The lowest BCUT2D eigenvalue weighted by molar-refractivity contribution is 0.271. The summed E-state index contributed by atoms with van der Waals surface area (Å²) in [6.45, 7) is 7.79. The third-order valence-corrected chi connectivity index (χ3v) is 5.05. The first kappa shape index (κ1) is 15.9. The average molecular weight is 333 g/mol. The van der Waals surface area contributed by atoms with Crippen molar-refractivity contribution in [3.63, 3.8) is 0 Å². The second-order valence-corrected chi connectivity index (χ2v) is 6.57. The van der Waals surface area contributed by atoms with Crippen molar-refractivity contribution in [1.29, 1.82) is 0 Å². The fourth-order valence-corrected chi connectivity index (χ4v) is 3.44. The second kappa shape index (κ2) is 6.73. The third kappa shape index (κ3) is 3.30. The number of rotatable bonds is 3. The van der Waals surface area contributed by atoms with Crippen LogP contribution in [0.5, 0.6) is 5.75 Å². The molecule has 4 heteroatoms. The maximum absolute atomic E-state index is 9.43. The lowest BCUT2D eigenvalue weighted by atomic mass is 10.1. The zero-order chi connectivity index (χ0) is 17.2. The molecule has 1 aromatic heterocycles. The van der Waals surface area contributed by atoms with Gasteiger partial charge < -0.3 is 14.9 Å². The van der Waals surface area contributed by atoms with E-state index in [0.717, 1.165) is 49.4 Å². The molecule has 4 nitrogen and oxygen atoms in total. The number of fused-ring (bicyclic) bond motifs is 1. The Bertz CT molecular complexity index is 868. The summed E-state index contributed by atoms with van der Waals surface area (Å²) in [5.41, 5.74) is 3.22. The van der Waals surface area contributed by atoms with E-state index in [4.69, 9.17) is 0 Å². The summed E-state index contributed by atoms with van der Waals surface area (Å²) in [5, 5.41) is 11.8. The molecule has 3 aromatic rings. The molecular weight excluding hydrogens is 310 g/mol. The van der Waals surface area contributed by atoms with Gasteiger partial charge in [0.05, 0.1) is 5.69 Å². The molecule has 1 N–H and O–H groups in total. The van der Waals surface area contributed by atoms with Crippen LogP contribution in [0.4, 0.5) is 5.69 Å². The van der Waals surface area contributed by atoms with E-state index >= 15 is 0 Å². The van der Waals surface area contributed by atoms with E-state index in [0.29, 0.717) is 0 Å². The summed E-state index contributed by atoms with van der Waals surface area (Å²) in [6, 6.07) is 15.9. The number of aromatic hydroxyl groups is 1. The molecule has 0 spiro atoms. The summed E-state index contributed by atoms with van der Waals surface area (Å²) >= 11 is 0. The highest BCUT2D eigenvalue weighted by Crippen LogP contribution is 2.27. The molecule has 0 aliphatic carbocycles. The number of pyridine rings is 1. The van der Waals surface area contributed by atoms with Gasteiger partial charge in [-0.05, 0) is 54.4 Å². The second-order valence-electron chi connectivity index (χ2n) is 6.57. The highest BCUT2D eigenvalue weighted by atomic mass is 16.3. The number of hydrogen-bond acceptors (Lipinski definition) is 4. The number of aromatic nitrogens is 1. The molecule has 0 saturated carbocycles. The molecule has 25 heavy (non-hydrogen) atoms. The van der Waals surface area contributed by atoms with Gasteiger partial charge in [0, 0.05) is 49.0 Å². The summed E-state index contributed by atoms with van der Waals surface area (Å²) < 4.78 is 0. The minimum atomic E-state index is 0.275. The Morgan fingerprint density at radius 3 is 2.40 bits per heavy atom. The SMILES string of the molecule is CCN1CCN(c2ccc3cc(-c4ccc(O)cc4)ncc3c2)CC1. The smallest absolute Gasteiger partial charge is 0.115 e. The van der Waals surface area contributed by atoms with Gasteiger partial charge in [-0.3, -0.25) is 4.98 Å². The van der Waals surface area contributed by atoms with Crippen LogP contribution < -0.4 is 4.90 Å². The van der Waals surface area contributed by atoms with E-state index in [1.54, 1.807) is 12.1 Å². The van der Waals surface area contributed by atoms with Crippen LogP contribution in [-0.4, -0.2) is 47.7 Å². The van der Waals surface area contributed by atoms with Gasteiger partial charge in [0.25, 0.3) is 0 Å². The Kier molecular flexibility index (Phi) is 4.28. The number of nitrogens with zero attached hydrogens (tertiary/aromatic N) is 3. The van der Waals surface area contributed by atoms with E-state index in [1.165, 1.54) is 11.1 Å². The Morgan fingerprint density at radius 2 is 1.68 bits per heavy atom. The van der Waals surface area contributed by atoms with Crippen molar-refractivity contribution >= 4 is 16.5 Å². The Balaban J connectivity index is 1.60. The molecule has 1 saturated heterocycles. The van der Waals surface area contributed by atoms with E-state index in [-0.39, 0.29) is 5.75 Å². The normalized spacial score (nSPS) is 15.6. The Morgan fingerprint density at radius 1 is 0.920 bits per heavy atom. The van der Waals surface area contributed by atoms with Crippen molar-refractivity contribution in [2.75, 3.05) is 37.6 Å². The van der Waals surface area contributed by atoms with Crippen LogP contribution in [0.2, 0.25) is 0 Å². The molecule has 4 rings (SSSR count). The standard InChI is InChI=1S/C21H23N3O/c1-2-23-9-11-24(12-10-23)19-6-3-17-14-21(22-15-18(17)13-19)16-4-7-20(25)8-5-16/h3-8,13-15,25H,2,9-12H2,1H3. The number of likely N-dealkylation sites (N-methyl/N-ethyl adjacent to an activating group) is 1. The largest absolute Gasteiger partial charge is 0.508 e. The van der Waals surface area contributed by atoms with Crippen molar-refractivity contribution in [2.24, 2.45) is 0 Å². The minimum absolute atomic E-state index is 0.275. The van der Waals surface area contributed by atoms with Crippen molar-refractivity contribution in [1.82, 2.24) is 9.88 Å². The molecule has 0 unspecified atom stereocenters. The van der Waals surface area contributed by atoms with Gasteiger partial charge in [-0.15, -0.1) is 0 Å². The predicted molar refractivity (Wildman–Crippen MR) is 103 cm³/mol. The minimum Gasteiger partial charge on any atom is -0.508 e. The van der Waals surface area contributed by atoms with E-state index in [1.807, 2.05) is 18.3 Å². The Hall–Kier alpha value is -2.59. The summed E-state index contributed by atoms with van der Waals surface area (Å²) in [6.07, 6.45) is 1.95. The van der Waals surface area contributed by atoms with Crippen molar-refractivity contribution in [3.8, 4) is 17.0 Å². The van der Waals surface area contributed by atoms with Gasteiger partial charge in [-0.1, -0.05) is 13.0 Å². The van der Waals surface area contributed by atoms with E-state index < -0.39 is 0 Å². The molecule has 128 valence electrons. The molecule has 2 aromatic carbocycles. The topological polar surface area (TPSA) is 39.6 Å². The predicted octanol–water partition coefficient (Wildman–Crippen LogP) is 3.75. The van der Waals surface area contributed by atoms with Crippen LogP contribution >= 0.6 is 0 Å².